The minimum atomic E-state index is -4.42. The van der Waals surface area contributed by atoms with Crippen molar-refractivity contribution in [2.75, 3.05) is 0 Å². The maximum atomic E-state index is 12.5. The van der Waals surface area contributed by atoms with Crippen molar-refractivity contribution < 1.29 is 23.1 Å². The van der Waals surface area contributed by atoms with Crippen molar-refractivity contribution in [3.05, 3.63) is 41.5 Å². The van der Waals surface area contributed by atoms with Crippen LogP contribution >= 0.6 is 0 Å². The number of halogens is 3. The lowest BCUT2D eigenvalue weighted by Gasteiger charge is -2.09. The van der Waals surface area contributed by atoms with E-state index in [0.717, 1.165) is 18.2 Å². The van der Waals surface area contributed by atoms with Crippen LogP contribution in [-0.2, 0) is 11.0 Å². The fraction of sp³-hybridized carbons (Fsp3) is 0.250. The van der Waals surface area contributed by atoms with Gasteiger partial charge in [0.25, 0.3) is 0 Å². The number of carboxylic acids is 1. The molecule has 0 saturated carbocycles. The van der Waals surface area contributed by atoms with E-state index in [0.29, 0.717) is 12.0 Å². The van der Waals surface area contributed by atoms with E-state index in [4.69, 9.17) is 5.11 Å². The molecule has 1 aromatic rings. The Hall–Kier alpha value is -1.78. The van der Waals surface area contributed by atoms with Crippen molar-refractivity contribution in [3.63, 3.8) is 0 Å². The largest absolute Gasteiger partial charge is 0.478 e. The Labute approximate surface area is 96.4 Å². The Morgan fingerprint density at radius 1 is 1.41 bits per heavy atom. The number of allylic oxidation sites excluding steroid dienone is 1. The van der Waals surface area contributed by atoms with Gasteiger partial charge >= 0.3 is 12.1 Å². The van der Waals surface area contributed by atoms with E-state index in [1.807, 2.05) is 0 Å². The van der Waals surface area contributed by atoms with Crippen LogP contribution in [0, 0.1) is 0 Å². The summed E-state index contributed by atoms with van der Waals surface area (Å²) in [5.74, 6) is -1.17. The van der Waals surface area contributed by atoms with E-state index in [-0.39, 0.29) is 5.56 Å². The molecule has 0 aromatic heterocycles. The number of carboxylic acid groups (broad SMARTS) is 1. The number of benzene rings is 1. The molecule has 0 saturated heterocycles. The SMILES string of the molecule is CCC(=CC(=O)O)c1cccc(C(F)(F)F)c1. The van der Waals surface area contributed by atoms with Crippen molar-refractivity contribution in [2.24, 2.45) is 0 Å². The average molecular weight is 244 g/mol. The van der Waals surface area contributed by atoms with Gasteiger partial charge in [0.2, 0.25) is 0 Å². The summed E-state index contributed by atoms with van der Waals surface area (Å²) in [5.41, 5.74) is -0.131. The van der Waals surface area contributed by atoms with E-state index >= 15 is 0 Å². The summed E-state index contributed by atoms with van der Waals surface area (Å²) >= 11 is 0. The molecule has 1 rings (SSSR count). The van der Waals surface area contributed by atoms with Crippen molar-refractivity contribution >= 4 is 11.5 Å². The van der Waals surface area contributed by atoms with Gasteiger partial charge in [0.05, 0.1) is 5.56 Å². The summed E-state index contributed by atoms with van der Waals surface area (Å²) < 4.78 is 37.4. The number of rotatable bonds is 3. The highest BCUT2D eigenvalue weighted by Gasteiger charge is 2.30. The predicted octanol–water partition coefficient (Wildman–Crippen LogP) is 3.58. The van der Waals surface area contributed by atoms with Crippen LogP contribution in [0.25, 0.3) is 5.57 Å². The molecular weight excluding hydrogens is 233 g/mol. The number of hydrogen-bond donors (Lipinski definition) is 1. The number of carbonyl (C=O) groups is 1. The van der Waals surface area contributed by atoms with Crippen molar-refractivity contribution in [1.82, 2.24) is 0 Å². The second kappa shape index (κ2) is 5.03. The number of hydrogen-bond acceptors (Lipinski definition) is 1. The molecule has 0 spiro atoms. The molecule has 0 aliphatic carbocycles. The van der Waals surface area contributed by atoms with Crippen LogP contribution in [0.4, 0.5) is 13.2 Å². The third-order valence-electron chi connectivity index (χ3n) is 2.24. The van der Waals surface area contributed by atoms with Crippen LogP contribution in [0.1, 0.15) is 24.5 Å². The fourth-order valence-electron chi connectivity index (χ4n) is 1.43. The lowest BCUT2D eigenvalue weighted by Crippen LogP contribution is -2.05. The average Bonchev–Trinajstić information content (AvgIpc) is 2.24. The molecule has 1 N–H and O–H groups in total. The molecule has 5 heteroatoms. The summed E-state index contributed by atoms with van der Waals surface area (Å²) in [7, 11) is 0. The normalized spacial score (nSPS) is 12.6. The maximum Gasteiger partial charge on any atom is 0.416 e. The van der Waals surface area contributed by atoms with Gasteiger partial charge in [-0.15, -0.1) is 0 Å². The first-order valence-corrected chi connectivity index (χ1v) is 4.95. The zero-order valence-corrected chi connectivity index (χ0v) is 9.08. The molecule has 2 nitrogen and oxygen atoms in total. The van der Waals surface area contributed by atoms with Crippen LogP contribution in [0.15, 0.2) is 30.3 Å². The van der Waals surface area contributed by atoms with Gasteiger partial charge < -0.3 is 5.11 Å². The molecule has 0 aliphatic rings. The number of aliphatic carboxylic acids is 1. The summed E-state index contributed by atoms with van der Waals surface area (Å²) in [6.07, 6.45) is -3.14. The quantitative estimate of drug-likeness (QED) is 0.825. The van der Waals surface area contributed by atoms with E-state index in [2.05, 4.69) is 0 Å². The fourth-order valence-corrected chi connectivity index (χ4v) is 1.43. The van der Waals surface area contributed by atoms with E-state index < -0.39 is 17.7 Å². The highest BCUT2D eigenvalue weighted by atomic mass is 19.4. The highest BCUT2D eigenvalue weighted by Crippen LogP contribution is 2.31. The molecule has 0 fully saturated rings. The Morgan fingerprint density at radius 2 is 2.06 bits per heavy atom. The molecule has 0 bridgehead atoms. The van der Waals surface area contributed by atoms with Gasteiger partial charge in [0, 0.05) is 6.08 Å². The van der Waals surface area contributed by atoms with Crippen molar-refractivity contribution in [2.45, 2.75) is 19.5 Å². The molecule has 0 heterocycles. The third-order valence-corrected chi connectivity index (χ3v) is 2.24. The highest BCUT2D eigenvalue weighted by molar-refractivity contribution is 5.90. The van der Waals surface area contributed by atoms with Crippen LogP contribution in [0.3, 0.4) is 0 Å². The Morgan fingerprint density at radius 3 is 2.53 bits per heavy atom. The van der Waals surface area contributed by atoms with Gasteiger partial charge in [-0.1, -0.05) is 19.1 Å². The lowest BCUT2D eigenvalue weighted by molar-refractivity contribution is -0.137. The van der Waals surface area contributed by atoms with Crippen LogP contribution in [0.2, 0.25) is 0 Å². The lowest BCUT2D eigenvalue weighted by atomic mass is 10.0. The predicted molar refractivity (Wildman–Crippen MR) is 57.3 cm³/mol. The molecule has 0 amide bonds. The van der Waals surface area contributed by atoms with Crippen LogP contribution < -0.4 is 0 Å². The van der Waals surface area contributed by atoms with Crippen molar-refractivity contribution in [1.29, 1.82) is 0 Å². The monoisotopic (exact) mass is 244 g/mol. The van der Waals surface area contributed by atoms with Gasteiger partial charge in [0.15, 0.2) is 0 Å². The molecule has 17 heavy (non-hydrogen) atoms. The Balaban J connectivity index is 3.19. The summed E-state index contributed by atoms with van der Waals surface area (Å²) in [6, 6.07) is 4.65. The zero-order valence-electron chi connectivity index (χ0n) is 9.08. The van der Waals surface area contributed by atoms with Gasteiger partial charge in [-0.2, -0.15) is 13.2 Å². The van der Waals surface area contributed by atoms with E-state index in [9.17, 15) is 18.0 Å². The van der Waals surface area contributed by atoms with E-state index in [1.54, 1.807) is 6.92 Å². The Bertz CT molecular complexity index is 447. The minimum Gasteiger partial charge on any atom is -0.478 e. The maximum absolute atomic E-state index is 12.5. The second-order valence-corrected chi connectivity index (χ2v) is 3.44. The first kappa shape index (κ1) is 13.3. The Kier molecular flexibility index (Phi) is 3.93. The zero-order chi connectivity index (χ0) is 13.1. The summed E-state index contributed by atoms with van der Waals surface area (Å²) in [4.78, 5) is 10.5. The molecule has 0 aliphatic heterocycles. The molecule has 1 aromatic carbocycles. The minimum absolute atomic E-state index is 0.282. The smallest absolute Gasteiger partial charge is 0.416 e. The molecule has 0 atom stereocenters. The first-order valence-electron chi connectivity index (χ1n) is 4.95. The van der Waals surface area contributed by atoms with E-state index in [1.165, 1.54) is 12.1 Å². The molecular formula is C12H11F3O2. The molecule has 0 unspecified atom stereocenters. The summed E-state index contributed by atoms with van der Waals surface area (Å²) in [5, 5.41) is 8.61. The molecule has 0 radical (unpaired) electrons. The second-order valence-electron chi connectivity index (χ2n) is 3.44. The first-order chi connectivity index (χ1) is 7.84. The summed E-state index contributed by atoms with van der Waals surface area (Å²) in [6.45, 7) is 1.69. The van der Waals surface area contributed by atoms with Gasteiger partial charge in [-0.25, -0.2) is 4.79 Å². The third kappa shape index (κ3) is 3.62. The standard InChI is InChI=1S/C12H11F3O2/c1-2-8(7-11(16)17)9-4-3-5-10(6-9)12(13,14)15/h3-7H,2H2,1H3,(H,16,17). The molecule has 92 valence electrons. The van der Waals surface area contributed by atoms with Gasteiger partial charge in [-0.3, -0.25) is 0 Å². The van der Waals surface area contributed by atoms with Gasteiger partial charge in [-0.05, 0) is 29.7 Å². The number of alkyl halides is 3. The van der Waals surface area contributed by atoms with Crippen LogP contribution in [0.5, 0.6) is 0 Å². The van der Waals surface area contributed by atoms with Crippen molar-refractivity contribution in [3.8, 4) is 0 Å². The van der Waals surface area contributed by atoms with Crippen LogP contribution in [-0.4, -0.2) is 11.1 Å². The van der Waals surface area contributed by atoms with Gasteiger partial charge in [0.1, 0.15) is 0 Å². The topological polar surface area (TPSA) is 37.3 Å².